The van der Waals surface area contributed by atoms with E-state index >= 15 is 0 Å². The molecular weight excluding hydrogens is 212 g/mol. The van der Waals surface area contributed by atoms with Crippen molar-refractivity contribution in [2.45, 2.75) is 13.0 Å². The summed E-state index contributed by atoms with van der Waals surface area (Å²) in [4.78, 5) is 19.5. The summed E-state index contributed by atoms with van der Waals surface area (Å²) in [5.41, 5.74) is 0.458. The van der Waals surface area contributed by atoms with Gasteiger partial charge in [-0.05, 0) is 6.07 Å². The van der Waals surface area contributed by atoms with Crippen LogP contribution in [0.5, 0.6) is 0 Å². The van der Waals surface area contributed by atoms with Crippen LogP contribution in [0.1, 0.15) is 29.3 Å². The number of aromatic nitrogens is 2. The van der Waals surface area contributed by atoms with Gasteiger partial charge in [-0.1, -0.05) is 0 Å². The van der Waals surface area contributed by atoms with Gasteiger partial charge in [0.25, 0.3) is 0 Å². The summed E-state index contributed by atoms with van der Waals surface area (Å²) in [6.45, 7) is 2.23. The van der Waals surface area contributed by atoms with E-state index in [2.05, 4.69) is 9.97 Å². The fourth-order valence-electron chi connectivity index (χ4n) is 1.36. The summed E-state index contributed by atoms with van der Waals surface area (Å²) in [6, 6.07) is 1.63. The molecule has 1 saturated heterocycles. The Morgan fingerprint density at radius 1 is 1.67 bits per heavy atom. The van der Waals surface area contributed by atoms with Crippen molar-refractivity contribution in [3.63, 3.8) is 0 Å². The van der Waals surface area contributed by atoms with Crippen LogP contribution in [0.15, 0.2) is 12.3 Å². The van der Waals surface area contributed by atoms with Crippen molar-refractivity contribution in [3.8, 4) is 0 Å². The highest BCUT2D eigenvalue weighted by molar-refractivity contribution is 7.99. The first-order valence-corrected chi connectivity index (χ1v) is 5.96. The van der Waals surface area contributed by atoms with E-state index in [-0.39, 0.29) is 11.9 Å². The van der Waals surface area contributed by atoms with E-state index in [1.54, 1.807) is 12.3 Å². The lowest BCUT2D eigenvalue weighted by Crippen LogP contribution is -2.18. The second-order valence-electron chi connectivity index (χ2n) is 3.29. The lowest BCUT2D eigenvalue weighted by atomic mass is 10.3. The van der Waals surface area contributed by atoms with Gasteiger partial charge in [-0.15, -0.1) is 0 Å². The first kappa shape index (κ1) is 10.6. The third-order valence-electron chi connectivity index (χ3n) is 2.14. The van der Waals surface area contributed by atoms with Crippen molar-refractivity contribution in [1.82, 2.24) is 9.97 Å². The summed E-state index contributed by atoms with van der Waals surface area (Å²) in [5.74, 6) is 2.46. The van der Waals surface area contributed by atoms with Crippen molar-refractivity contribution < 1.29 is 9.53 Å². The normalized spacial score (nSPS) is 21.3. The van der Waals surface area contributed by atoms with Crippen LogP contribution < -0.4 is 0 Å². The van der Waals surface area contributed by atoms with Gasteiger partial charge in [-0.3, -0.25) is 4.79 Å². The number of Topliss-reactive ketones (excluding diaryl/α,β-unsaturated/α-hetero) is 1. The molecule has 15 heavy (non-hydrogen) atoms. The molecule has 0 amide bonds. The maximum Gasteiger partial charge on any atom is 0.178 e. The average Bonchev–Trinajstić information content (AvgIpc) is 2.30. The van der Waals surface area contributed by atoms with Gasteiger partial charge in [0, 0.05) is 24.6 Å². The Morgan fingerprint density at radius 3 is 3.20 bits per heavy atom. The van der Waals surface area contributed by atoms with Gasteiger partial charge in [-0.25, -0.2) is 9.97 Å². The largest absolute Gasteiger partial charge is 0.368 e. The zero-order valence-corrected chi connectivity index (χ0v) is 9.29. The fourth-order valence-corrected chi connectivity index (χ4v) is 2.20. The second kappa shape index (κ2) is 4.72. The van der Waals surface area contributed by atoms with Gasteiger partial charge in [0.2, 0.25) is 0 Å². The van der Waals surface area contributed by atoms with Crippen LogP contribution in [-0.2, 0) is 4.74 Å². The van der Waals surface area contributed by atoms with Gasteiger partial charge in [0.1, 0.15) is 11.8 Å². The Morgan fingerprint density at radius 2 is 2.53 bits per heavy atom. The molecule has 0 bridgehead atoms. The summed E-state index contributed by atoms with van der Waals surface area (Å²) in [6.07, 6.45) is 1.55. The molecule has 5 heteroatoms. The highest BCUT2D eigenvalue weighted by Crippen LogP contribution is 2.23. The number of thioether (sulfide) groups is 1. The first-order chi connectivity index (χ1) is 7.27. The van der Waals surface area contributed by atoms with Gasteiger partial charge in [0.15, 0.2) is 11.6 Å². The summed E-state index contributed by atoms with van der Waals surface area (Å²) < 4.78 is 5.54. The topological polar surface area (TPSA) is 52.1 Å². The molecule has 1 fully saturated rings. The lowest BCUT2D eigenvalue weighted by Gasteiger charge is -2.20. The predicted molar refractivity (Wildman–Crippen MR) is 58.1 cm³/mol. The standard InChI is InChI=1S/C10H12N2O2S/c1-7(13)8-2-3-11-10(12-8)9-6-15-5-4-14-9/h2-3,9H,4-6H2,1H3. The molecule has 1 unspecified atom stereocenters. The summed E-state index contributed by atoms with van der Waals surface area (Å²) in [7, 11) is 0. The Balaban J connectivity index is 2.19. The fraction of sp³-hybridized carbons (Fsp3) is 0.500. The number of ether oxygens (including phenoxy) is 1. The van der Waals surface area contributed by atoms with Crippen LogP contribution in [0.25, 0.3) is 0 Å². The molecule has 0 aromatic carbocycles. The minimum Gasteiger partial charge on any atom is -0.368 e. The Bertz CT molecular complexity index is 364. The van der Waals surface area contributed by atoms with E-state index in [1.807, 2.05) is 11.8 Å². The van der Waals surface area contributed by atoms with Crippen molar-refractivity contribution >= 4 is 17.5 Å². The molecule has 1 aromatic rings. The highest BCUT2D eigenvalue weighted by Gasteiger charge is 2.19. The average molecular weight is 224 g/mol. The molecule has 0 radical (unpaired) electrons. The molecule has 0 saturated carbocycles. The van der Waals surface area contributed by atoms with Gasteiger partial charge >= 0.3 is 0 Å². The molecule has 80 valence electrons. The maximum atomic E-state index is 11.1. The van der Waals surface area contributed by atoms with Crippen LogP contribution in [0.4, 0.5) is 0 Å². The molecule has 2 heterocycles. The van der Waals surface area contributed by atoms with Crippen LogP contribution in [0.2, 0.25) is 0 Å². The summed E-state index contributed by atoms with van der Waals surface area (Å²) >= 11 is 1.82. The SMILES string of the molecule is CC(=O)c1ccnc(C2CSCCO2)n1. The third-order valence-corrected chi connectivity index (χ3v) is 3.13. The van der Waals surface area contributed by atoms with Crippen LogP contribution >= 0.6 is 11.8 Å². The van der Waals surface area contributed by atoms with E-state index in [9.17, 15) is 4.79 Å². The van der Waals surface area contributed by atoms with Crippen LogP contribution in [0, 0.1) is 0 Å². The summed E-state index contributed by atoms with van der Waals surface area (Å²) in [5, 5.41) is 0. The second-order valence-corrected chi connectivity index (χ2v) is 4.44. The molecule has 1 aromatic heterocycles. The Kier molecular flexibility index (Phi) is 3.33. The van der Waals surface area contributed by atoms with Crippen molar-refractivity contribution in [3.05, 3.63) is 23.8 Å². The molecule has 4 nitrogen and oxygen atoms in total. The molecule has 2 rings (SSSR count). The number of hydrogen-bond acceptors (Lipinski definition) is 5. The van der Waals surface area contributed by atoms with Gasteiger partial charge in [-0.2, -0.15) is 11.8 Å². The van der Waals surface area contributed by atoms with Crippen LogP contribution in [-0.4, -0.2) is 33.9 Å². The minimum atomic E-state index is -0.0666. The molecule has 0 aliphatic carbocycles. The number of rotatable bonds is 2. The first-order valence-electron chi connectivity index (χ1n) is 4.80. The highest BCUT2D eigenvalue weighted by atomic mass is 32.2. The lowest BCUT2D eigenvalue weighted by molar-refractivity contribution is 0.0691. The van der Waals surface area contributed by atoms with Crippen molar-refractivity contribution in [2.75, 3.05) is 18.1 Å². The van der Waals surface area contributed by atoms with Gasteiger partial charge in [0.05, 0.1) is 6.61 Å². The smallest absolute Gasteiger partial charge is 0.178 e. The van der Waals surface area contributed by atoms with Crippen molar-refractivity contribution in [2.24, 2.45) is 0 Å². The number of hydrogen-bond donors (Lipinski definition) is 0. The molecular formula is C10H12N2O2S. The predicted octanol–water partition coefficient (Wildman–Crippen LogP) is 1.48. The molecule has 1 aliphatic heterocycles. The number of ketones is 1. The van der Waals surface area contributed by atoms with E-state index < -0.39 is 0 Å². The molecule has 1 aliphatic rings. The number of nitrogens with zero attached hydrogens (tertiary/aromatic N) is 2. The van der Waals surface area contributed by atoms with Crippen LogP contribution in [0.3, 0.4) is 0 Å². The van der Waals surface area contributed by atoms with E-state index in [4.69, 9.17) is 4.74 Å². The molecule has 0 N–H and O–H groups in total. The van der Waals surface area contributed by atoms with Gasteiger partial charge < -0.3 is 4.74 Å². The van der Waals surface area contributed by atoms with E-state index in [0.29, 0.717) is 11.5 Å². The maximum absolute atomic E-state index is 11.1. The van der Waals surface area contributed by atoms with Crippen molar-refractivity contribution in [1.29, 1.82) is 0 Å². The third kappa shape index (κ3) is 2.54. The zero-order valence-electron chi connectivity index (χ0n) is 8.47. The number of carbonyl (C=O) groups is 1. The Labute approximate surface area is 92.5 Å². The minimum absolute atomic E-state index is 0.0397. The number of carbonyl (C=O) groups excluding carboxylic acids is 1. The molecule has 1 atom stereocenters. The van der Waals surface area contributed by atoms with E-state index in [1.165, 1.54) is 6.92 Å². The van der Waals surface area contributed by atoms with E-state index in [0.717, 1.165) is 18.1 Å². The quantitative estimate of drug-likeness (QED) is 0.712. The zero-order chi connectivity index (χ0) is 10.7. The Hall–Kier alpha value is -0.940. The molecule has 0 spiro atoms. The monoisotopic (exact) mass is 224 g/mol.